The molecule has 5 heteroatoms. The first-order valence-electron chi connectivity index (χ1n) is 6.58. The van der Waals surface area contributed by atoms with Crippen LogP contribution in [-0.2, 0) is 11.3 Å². The summed E-state index contributed by atoms with van der Waals surface area (Å²) in [5.41, 5.74) is 2.46. The number of rotatable bonds is 5. The van der Waals surface area contributed by atoms with Gasteiger partial charge in [-0.1, -0.05) is 24.3 Å². The van der Waals surface area contributed by atoms with Gasteiger partial charge in [-0.15, -0.1) is 0 Å². The van der Waals surface area contributed by atoms with Crippen molar-refractivity contribution < 1.29 is 13.9 Å². The fraction of sp³-hybridized carbons (Fsp3) is 0.125. The molecule has 3 aromatic rings. The number of hydrogen-bond acceptors (Lipinski definition) is 4. The number of carbonyl (C=O) groups excluding carboxylic acids is 1. The standard InChI is InChI=1S/C16H14N2O3/c19-16(10-20-13-4-2-1-3-5-13)17-9-12-6-7-14-15(8-12)21-11-18-14/h1-8,11H,9-10H2,(H,17,19). The zero-order valence-electron chi connectivity index (χ0n) is 11.3. The maximum atomic E-state index is 11.7. The highest BCUT2D eigenvalue weighted by Crippen LogP contribution is 2.14. The molecule has 21 heavy (non-hydrogen) atoms. The lowest BCUT2D eigenvalue weighted by Crippen LogP contribution is -2.28. The second-order valence-corrected chi connectivity index (χ2v) is 4.53. The molecule has 0 aliphatic carbocycles. The summed E-state index contributed by atoms with van der Waals surface area (Å²) in [5, 5.41) is 2.80. The first-order chi connectivity index (χ1) is 10.3. The Bertz CT molecular complexity index is 737. The van der Waals surface area contributed by atoms with E-state index in [0.29, 0.717) is 17.9 Å². The summed E-state index contributed by atoms with van der Waals surface area (Å²) in [6.45, 7) is 0.419. The molecule has 2 aromatic carbocycles. The Kier molecular flexibility index (Phi) is 3.82. The van der Waals surface area contributed by atoms with Crippen LogP contribution in [0.3, 0.4) is 0 Å². The van der Waals surface area contributed by atoms with E-state index in [9.17, 15) is 4.79 Å². The number of para-hydroxylation sites is 1. The molecular formula is C16H14N2O3. The van der Waals surface area contributed by atoms with Crippen molar-refractivity contribution in [3.8, 4) is 5.75 Å². The predicted molar refractivity (Wildman–Crippen MR) is 77.8 cm³/mol. The minimum absolute atomic E-state index is 0.00539. The first kappa shape index (κ1) is 13.2. The normalized spacial score (nSPS) is 10.5. The van der Waals surface area contributed by atoms with Crippen molar-refractivity contribution in [2.24, 2.45) is 0 Å². The van der Waals surface area contributed by atoms with E-state index in [1.165, 1.54) is 6.39 Å². The van der Waals surface area contributed by atoms with Crippen LogP contribution in [0, 0.1) is 0 Å². The molecule has 1 N–H and O–H groups in total. The molecule has 1 heterocycles. The van der Waals surface area contributed by atoms with Crippen LogP contribution in [0.25, 0.3) is 11.1 Å². The van der Waals surface area contributed by atoms with Crippen LogP contribution < -0.4 is 10.1 Å². The van der Waals surface area contributed by atoms with Crippen molar-refractivity contribution in [1.82, 2.24) is 10.3 Å². The Morgan fingerprint density at radius 2 is 2.05 bits per heavy atom. The van der Waals surface area contributed by atoms with Crippen molar-refractivity contribution in [3.05, 3.63) is 60.5 Å². The number of aromatic nitrogens is 1. The van der Waals surface area contributed by atoms with Gasteiger partial charge in [0, 0.05) is 6.54 Å². The van der Waals surface area contributed by atoms with Crippen LogP contribution in [0.4, 0.5) is 0 Å². The van der Waals surface area contributed by atoms with Gasteiger partial charge in [0.25, 0.3) is 5.91 Å². The minimum atomic E-state index is -0.170. The third kappa shape index (κ3) is 3.39. The third-order valence-electron chi connectivity index (χ3n) is 3.00. The number of nitrogens with zero attached hydrogens (tertiary/aromatic N) is 1. The van der Waals surface area contributed by atoms with Crippen LogP contribution in [-0.4, -0.2) is 17.5 Å². The molecule has 1 aromatic heterocycles. The van der Waals surface area contributed by atoms with Gasteiger partial charge in [-0.25, -0.2) is 4.98 Å². The fourth-order valence-corrected chi connectivity index (χ4v) is 1.93. The number of nitrogens with one attached hydrogen (secondary N) is 1. The lowest BCUT2D eigenvalue weighted by molar-refractivity contribution is -0.123. The average Bonchev–Trinajstić information content (AvgIpc) is 2.99. The molecule has 0 spiro atoms. The van der Waals surface area contributed by atoms with Gasteiger partial charge in [0.15, 0.2) is 18.6 Å². The minimum Gasteiger partial charge on any atom is -0.484 e. The molecule has 106 valence electrons. The summed E-state index contributed by atoms with van der Waals surface area (Å²) in [4.78, 5) is 15.8. The van der Waals surface area contributed by atoms with E-state index in [-0.39, 0.29) is 12.5 Å². The molecular weight excluding hydrogens is 268 g/mol. The Morgan fingerprint density at radius 1 is 1.19 bits per heavy atom. The summed E-state index contributed by atoms with van der Waals surface area (Å²) < 4.78 is 10.6. The number of fused-ring (bicyclic) bond motifs is 1. The molecule has 3 rings (SSSR count). The third-order valence-corrected chi connectivity index (χ3v) is 3.00. The van der Waals surface area contributed by atoms with Crippen molar-refractivity contribution >= 4 is 17.0 Å². The molecule has 0 fully saturated rings. The quantitative estimate of drug-likeness (QED) is 0.781. The first-order valence-corrected chi connectivity index (χ1v) is 6.58. The molecule has 0 bridgehead atoms. The molecule has 0 saturated heterocycles. The van der Waals surface area contributed by atoms with Gasteiger partial charge in [0.05, 0.1) is 0 Å². The largest absolute Gasteiger partial charge is 0.484 e. The Labute approximate surface area is 121 Å². The summed E-state index contributed by atoms with van der Waals surface area (Å²) in [6.07, 6.45) is 1.40. The fourth-order valence-electron chi connectivity index (χ4n) is 1.93. The van der Waals surface area contributed by atoms with Crippen LogP contribution in [0.1, 0.15) is 5.56 Å². The predicted octanol–water partition coefficient (Wildman–Crippen LogP) is 2.52. The number of amides is 1. The number of hydrogen-bond donors (Lipinski definition) is 1. The highest BCUT2D eigenvalue weighted by atomic mass is 16.5. The second-order valence-electron chi connectivity index (χ2n) is 4.53. The van der Waals surface area contributed by atoms with E-state index in [2.05, 4.69) is 10.3 Å². The molecule has 1 amide bonds. The van der Waals surface area contributed by atoms with Gasteiger partial charge >= 0.3 is 0 Å². The van der Waals surface area contributed by atoms with E-state index in [1.54, 1.807) is 0 Å². The van der Waals surface area contributed by atoms with Crippen LogP contribution in [0.5, 0.6) is 5.75 Å². The van der Waals surface area contributed by atoms with Crippen LogP contribution in [0.15, 0.2) is 59.3 Å². The highest BCUT2D eigenvalue weighted by molar-refractivity contribution is 5.78. The molecule has 0 aliphatic rings. The van der Waals surface area contributed by atoms with Gasteiger partial charge in [-0.3, -0.25) is 4.79 Å². The van der Waals surface area contributed by atoms with Crippen molar-refractivity contribution in [3.63, 3.8) is 0 Å². The number of ether oxygens (including phenoxy) is 1. The molecule has 0 radical (unpaired) electrons. The SMILES string of the molecule is O=C(COc1ccccc1)NCc1ccc2ncoc2c1. The smallest absolute Gasteiger partial charge is 0.258 e. The summed E-state index contributed by atoms with van der Waals surface area (Å²) >= 11 is 0. The van der Waals surface area contributed by atoms with Crippen LogP contribution >= 0.6 is 0 Å². The zero-order chi connectivity index (χ0) is 14.5. The Hall–Kier alpha value is -2.82. The van der Waals surface area contributed by atoms with E-state index < -0.39 is 0 Å². The van der Waals surface area contributed by atoms with E-state index in [4.69, 9.17) is 9.15 Å². The van der Waals surface area contributed by atoms with Crippen molar-refractivity contribution in [1.29, 1.82) is 0 Å². The van der Waals surface area contributed by atoms with E-state index in [1.807, 2.05) is 48.5 Å². The summed E-state index contributed by atoms with van der Waals surface area (Å²) in [6, 6.07) is 14.9. The second kappa shape index (κ2) is 6.09. The van der Waals surface area contributed by atoms with E-state index in [0.717, 1.165) is 11.1 Å². The highest BCUT2D eigenvalue weighted by Gasteiger charge is 2.04. The van der Waals surface area contributed by atoms with E-state index >= 15 is 0 Å². The Balaban J connectivity index is 1.51. The van der Waals surface area contributed by atoms with Gasteiger partial charge in [0.2, 0.25) is 0 Å². The summed E-state index contributed by atoms with van der Waals surface area (Å²) in [5.74, 6) is 0.507. The van der Waals surface area contributed by atoms with Crippen LogP contribution in [0.2, 0.25) is 0 Å². The molecule has 0 atom stereocenters. The maximum Gasteiger partial charge on any atom is 0.258 e. The van der Waals surface area contributed by atoms with Gasteiger partial charge in [-0.05, 0) is 29.8 Å². The monoisotopic (exact) mass is 282 g/mol. The zero-order valence-corrected chi connectivity index (χ0v) is 11.3. The van der Waals surface area contributed by atoms with Crippen molar-refractivity contribution in [2.75, 3.05) is 6.61 Å². The molecule has 5 nitrogen and oxygen atoms in total. The number of carbonyl (C=O) groups is 1. The van der Waals surface area contributed by atoms with Gasteiger partial charge in [0.1, 0.15) is 11.3 Å². The van der Waals surface area contributed by atoms with Gasteiger partial charge < -0.3 is 14.5 Å². The number of oxazole rings is 1. The maximum absolute atomic E-state index is 11.7. The van der Waals surface area contributed by atoms with Gasteiger partial charge in [-0.2, -0.15) is 0 Å². The average molecular weight is 282 g/mol. The lowest BCUT2D eigenvalue weighted by atomic mass is 10.2. The molecule has 0 aliphatic heterocycles. The molecule has 0 unspecified atom stereocenters. The lowest BCUT2D eigenvalue weighted by Gasteiger charge is -2.07. The number of benzene rings is 2. The summed E-state index contributed by atoms with van der Waals surface area (Å²) in [7, 11) is 0. The Morgan fingerprint density at radius 3 is 2.90 bits per heavy atom. The topological polar surface area (TPSA) is 64.4 Å². The van der Waals surface area contributed by atoms with Crippen molar-refractivity contribution in [2.45, 2.75) is 6.54 Å². The molecule has 0 saturated carbocycles.